The summed E-state index contributed by atoms with van der Waals surface area (Å²) in [5, 5.41) is 7.28. The van der Waals surface area contributed by atoms with Crippen molar-refractivity contribution in [1.82, 2.24) is 14.7 Å². The van der Waals surface area contributed by atoms with Crippen molar-refractivity contribution in [3.8, 4) is 5.69 Å². The van der Waals surface area contributed by atoms with Crippen LogP contribution in [0.5, 0.6) is 0 Å². The van der Waals surface area contributed by atoms with Gasteiger partial charge in [0.15, 0.2) is 0 Å². The third-order valence-corrected chi connectivity index (χ3v) is 3.97. The van der Waals surface area contributed by atoms with E-state index in [0.717, 1.165) is 23.6 Å². The first-order valence-electron chi connectivity index (χ1n) is 8.19. The van der Waals surface area contributed by atoms with Gasteiger partial charge < -0.3 is 10.2 Å². The maximum absolute atomic E-state index is 12.6. The zero-order chi connectivity index (χ0) is 17.8. The zero-order valence-electron chi connectivity index (χ0n) is 14.7. The van der Waals surface area contributed by atoms with E-state index in [1.165, 1.54) is 5.56 Å². The maximum atomic E-state index is 12.6. The number of hydrogen-bond donors (Lipinski definition) is 1. The van der Waals surface area contributed by atoms with E-state index < -0.39 is 0 Å². The molecule has 0 radical (unpaired) electrons. The van der Waals surface area contributed by atoms with Crippen molar-refractivity contribution >= 4 is 11.6 Å². The molecule has 0 saturated heterocycles. The van der Waals surface area contributed by atoms with E-state index >= 15 is 0 Å². The van der Waals surface area contributed by atoms with Gasteiger partial charge in [-0.05, 0) is 50.8 Å². The summed E-state index contributed by atoms with van der Waals surface area (Å²) >= 11 is 0. The van der Waals surface area contributed by atoms with Crippen molar-refractivity contribution in [3.05, 3.63) is 77.6 Å². The highest BCUT2D eigenvalue weighted by Gasteiger charge is 2.15. The molecule has 1 aromatic heterocycles. The zero-order valence-corrected chi connectivity index (χ0v) is 14.7. The number of amides is 1. The highest BCUT2D eigenvalue weighted by atomic mass is 16.1. The molecule has 5 heteroatoms. The highest BCUT2D eigenvalue weighted by molar-refractivity contribution is 6.04. The Hall–Kier alpha value is -2.92. The van der Waals surface area contributed by atoms with Crippen LogP contribution in [0.25, 0.3) is 5.69 Å². The number of anilines is 1. The number of rotatable bonds is 5. The summed E-state index contributed by atoms with van der Waals surface area (Å²) in [6, 6.07) is 17.7. The molecule has 5 nitrogen and oxygen atoms in total. The Morgan fingerprint density at radius 1 is 1.08 bits per heavy atom. The first kappa shape index (κ1) is 16.9. The molecule has 1 amide bonds. The normalized spacial score (nSPS) is 10.9. The molecule has 128 valence electrons. The van der Waals surface area contributed by atoms with Crippen LogP contribution < -0.4 is 5.32 Å². The smallest absolute Gasteiger partial charge is 0.259 e. The standard InChI is InChI=1S/C20H22N4O/c1-15-19(13-21-24(15)18-7-5-4-6-8-18)20(25)22-17-11-9-16(10-12-17)14-23(2)3/h4-13H,14H2,1-3H3,(H,22,25). The average Bonchev–Trinajstić information content (AvgIpc) is 2.98. The minimum atomic E-state index is -0.153. The lowest BCUT2D eigenvalue weighted by Crippen LogP contribution is -2.13. The van der Waals surface area contributed by atoms with Crippen LogP contribution in [-0.4, -0.2) is 34.7 Å². The number of para-hydroxylation sites is 1. The van der Waals surface area contributed by atoms with Gasteiger partial charge in [0, 0.05) is 12.2 Å². The number of carbonyl (C=O) groups is 1. The summed E-state index contributed by atoms with van der Waals surface area (Å²) in [4.78, 5) is 14.7. The Bertz CT molecular complexity index is 851. The van der Waals surface area contributed by atoms with Gasteiger partial charge in [-0.3, -0.25) is 4.79 Å². The van der Waals surface area contributed by atoms with Gasteiger partial charge in [0.1, 0.15) is 0 Å². The minimum absolute atomic E-state index is 0.153. The molecule has 0 aliphatic heterocycles. The summed E-state index contributed by atoms with van der Waals surface area (Å²) in [6.45, 7) is 2.77. The van der Waals surface area contributed by atoms with Gasteiger partial charge in [0.2, 0.25) is 0 Å². The van der Waals surface area contributed by atoms with Crippen molar-refractivity contribution in [3.63, 3.8) is 0 Å². The van der Waals surface area contributed by atoms with Gasteiger partial charge in [-0.25, -0.2) is 4.68 Å². The van der Waals surface area contributed by atoms with E-state index in [-0.39, 0.29) is 5.91 Å². The molecule has 1 N–H and O–H groups in total. The summed E-state index contributed by atoms with van der Waals surface area (Å²) in [5.41, 5.74) is 4.30. The molecule has 25 heavy (non-hydrogen) atoms. The van der Waals surface area contributed by atoms with Crippen molar-refractivity contribution < 1.29 is 4.79 Å². The van der Waals surface area contributed by atoms with Crippen LogP contribution in [-0.2, 0) is 6.54 Å². The minimum Gasteiger partial charge on any atom is -0.322 e. The van der Waals surface area contributed by atoms with Gasteiger partial charge in [0.05, 0.1) is 23.1 Å². The fourth-order valence-corrected chi connectivity index (χ4v) is 2.72. The topological polar surface area (TPSA) is 50.2 Å². The fourth-order valence-electron chi connectivity index (χ4n) is 2.72. The molecule has 3 rings (SSSR count). The number of carbonyl (C=O) groups excluding carboxylic acids is 1. The summed E-state index contributed by atoms with van der Waals surface area (Å²) in [7, 11) is 4.06. The second-order valence-electron chi connectivity index (χ2n) is 6.28. The van der Waals surface area contributed by atoms with Crippen LogP contribution in [0.3, 0.4) is 0 Å². The highest BCUT2D eigenvalue weighted by Crippen LogP contribution is 2.16. The Morgan fingerprint density at radius 2 is 1.76 bits per heavy atom. The van der Waals surface area contributed by atoms with Crippen molar-refractivity contribution in [1.29, 1.82) is 0 Å². The monoisotopic (exact) mass is 334 g/mol. The van der Waals surface area contributed by atoms with E-state index in [2.05, 4.69) is 15.3 Å². The maximum Gasteiger partial charge on any atom is 0.259 e. The predicted octanol–water partition coefficient (Wildman–Crippen LogP) is 3.49. The van der Waals surface area contributed by atoms with Crippen LogP contribution in [0.4, 0.5) is 5.69 Å². The first-order valence-corrected chi connectivity index (χ1v) is 8.19. The Morgan fingerprint density at radius 3 is 2.40 bits per heavy atom. The van der Waals surface area contributed by atoms with Crippen LogP contribution in [0.2, 0.25) is 0 Å². The third-order valence-electron chi connectivity index (χ3n) is 3.97. The number of benzene rings is 2. The Labute approximate surface area is 147 Å². The molecule has 0 fully saturated rings. The molecule has 0 unspecified atom stereocenters. The van der Waals surface area contributed by atoms with Crippen LogP contribution in [0, 0.1) is 6.92 Å². The van der Waals surface area contributed by atoms with Crippen LogP contribution in [0.1, 0.15) is 21.6 Å². The molecule has 3 aromatic rings. The summed E-state index contributed by atoms with van der Waals surface area (Å²) in [5.74, 6) is -0.153. The van der Waals surface area contributed by atoms with Crippen molar-refractivity contribution in [2.45, 2.75) is 13.5 Å². The van der Waals surface area contributed by atoms with Gasteiger partial charge >= 0.3 is 0 Å². The lowest BCUT2D eigenvalue weighted by Gasteiger charge is -2.10. The van der Waals surface area contributed by atoms with E-state index in [1.54, 1.807) is 10.9 Å². The van der Waals surface area contributed by atoms with Gasteiger partial charge in [-0.1, -0.05) is 30.3 Å². The Balaban J connectivity index is 1.75. The van der Waals surface area contributed by atoms with E-state index in [9.17, 15) is 4.79 Å². The number of nitrogens with zero attached hydrogens (tertiary/aromatic N) is 3. The molecule has 2 aromatic carbocycles. The third kappa shape index (κ3) is 3.95. The van der Waals surface area contributed by atoms with Gasteiger partial charge in [-0.2, -0.15) is 5.10 Å². The number of nitrogens with one attached hydrogen (secondary N) is 1. The molecule has 0 atom stereocenters. The van der Waals surface area contributed by atoms with Crippen molar-refractivity contribution in [2.24, 2.45) is 0 Å². The molecular formula is C20H22N4O. The van der Waals surface area contributed by atoms with E-state index in [4.69, 9.17) is 0 Å². The average molecular weight is 334 g/mol. The lowest BCUT2D eigenvalue weighted by atomic mass is 10.2. The van der Waals surface area contributed by atoms with E-state index in [1.807, 2.05) is 75.6 Å². The predicted molar refractivity (Wildman–Crippen MR) is 100 cm³/mol. The van der Waals surface area contributed by atoms with Crippen molar-refractivity contribution in [2.75, 3.05) is 19.4 Å². The molecule has 0 bridgehead atoms. The number of aromatic nitrogens is 2. The van der Waals surface area contributed by atoms with Gasteiger partial charge in [0.25, 0.3) is 5.91 Å². The summed E-state index contributed by atoms with van der Waals surface area (Å²) in [6.07, 6.45) is 1.61. The fraction of sp³-hybridized carbons (Fsp3) is 0.200. The number of hydrogen-bond acceptors (Lipinski definition) is 3. The summed E-state index contributed by atoms with van der Waals surface area (Å²) < 4.78 is 1.77. The SMILES string of the molecule is Cc1c(C(=O)Nc2ccc(CN(C)C)cc2)cnn1-c1ccccc1. The van der Waals surface area contributed by atoms with E-state index in [0.29, 0.717) is 5.56 Å². The molecule has 0 aliphatic rings. The second kappa shape index (κ2) is 7.32. The molecule has 0 aliphatic carbocycles. The lowest BCUT2D eigenvalue weighted by molar-refractivity contribution is 0.102. The largest absolute Gasteiger partial charge is 0.322 e. The van der Waals surface area contributed by atoms with Crippen LogP contribution in [0.15, 0.2) is 60.8 Å². The molecule has 0 saturated carbocycles. The molecule has 1 heterocycles. The van der Waals surface area contributed by atoms with Crippen LogP contribution >= 0.6 is 0 Å². The second-order valence-corrected chi connectivity index (χ2v) is 6.28. The molecular weight excluding hydrogens is 312 g/mol. The Kier molecular flexibility index (Phi) is 4.95. The quantitative estimate of drug-likeness (QED) is 0.777. The molecule has 0 spiro atoms. The first-order chi connectivity index (χ1) is 12.0. The van der Waals surface area contributed by atoms with Gasteiger partial charge in [-0.15, -0.1) is 0 Å².